The van der Waals surface area contributed by atoms with Crippen LogP contribution in [0.4, 0.5) is 24.5 Å². The summed E-state index contributed by atoms with van der Waals surface area (Å²) < 4.78 is 38.9. The van der Waals surface area contributed by atoms with Gasteiger partial charge in [0.2, 0.25) is 0 Å². The van der Waals surface area contributed by atoms with E-state index in [9.17, 15) is 18.0 Å². The fraction of sp³-hybridized carbons (Fsp3) is 0.0625. The predicted molar refractivity (Wildman–Crippen MR) is 89.1 cm³/mol. The zero-order valence-electron chi connectivity index (χ0n) is 11.9. The van der Waals surface area contributed by atoms with E-state index >= 15 is 0 Å². The lowest BCUT2D eigenvalue weighted by molar-refractivity contribution is -0.136. The van der Waals surface area contributed by atoms with Crippen LogP contribution in [0.3, 0.4) is 0 Å². The Balaban J connectivity index is 1.87. The summed E-state index contributed by atoms with van der Waals surface area (Å²) in [5.74, 6) is -0.396. The monoisotopic (exact) mass is 370 g/mol. The molecule has 0 unspecified atom stereocenters. The van der Waals surface area contributed by atoms with Crippen molar-refractivity contribution in [2.24, 2.45) is 0 Å². The quantitative estimate of drug-likeness (QED) is 0.699. The van der Waals surface area contributed by atoms with Crippen molar-refractivity contribution in [3.8, 4) is 0 Å². The number of para-hydroxylation sites is 1. The highest BCUT2D eigenvalue weighted by Gasteiger charge is 2.33. The van der Waals surface area contributed by atoms with Crippen LogP contribution in [0.5, 0.6) is 0 Å². The van der Waals surface area contributed by atoms with E-state index in [1.54, 1.807) is 18.2 Å². The Labute approximate surface area is 144 Å². The lowest BCUT2D eigenvalue weighted by Gasteiger charge is -2.19. The number of fused-ring (bicyclic) bond motifs is 1. The summed E-state index contributed by atoms with van der Waals surface area (Å²) in [5, 5.41) is 5.74. The smallest absolute Gasteiger partial charge is 0.360 e. The molecule has 0 radical (unpaired) electrons. The summed E-state index contributed by atoms with van der Waals surface area (Å²) in [6.45, 7) is 0. The van der Waals surface area contributed by atoms with Crippen LogP contribution >= 0.6 is 23.4 Å². The number of amides is 1. The highest BCUT2D eigenvalue weighted by Crippen LogP contribution is 2.40. The molecule has 0 saturated heterocycles. The van der Waals surface area contributed by atoms with Crippen LogP contribution in [0.2, 0.25) is 5.02 Å². The molecule has 0 saturated carbocycles. The number of rotatable bonds is 2. The van der Waals surface area contributed by atoms with E-state index in [0.29, 0.717) is 10.7 Å². The fourth-order valence-electron chi connectivity index (χ4n) is 2.13. The Morgan fingerprint density at radius 3 is 2.67 bits per heavy atom. The normalized spacial score (nSPS) is 15.8. The summed E-state index contributed by atoms with van der Waals surface area (Å²) in [4.78, 5) is 13.0. The molecule has 3 nitrogen and oxygen atoms in total. The van der Waals surface area contributed by atoms with Gasteiger partial charge in [-0.1, -0.05) is 35.5 Å². The van der Waals surface area contributed by atoms with Gasteiger partial charge in [-0.15, -0.1) is 0 Å². The van der Waals surface area contributed by atoms with Crippen LogP contribution in [-0.2, 0) is 11.0 Å². The summed E-state index contributed by atoms with van der Waals surface area (Å²) in [5.41, 5.74) is -0.309. The van der Waals surface area contributed by atoms with E-state index in [1.165, 1.54) is 24.4 Å². The first-order valence-corrected chi connectivity index (χ1v) is 7.96. The van der Waals surface area contributed by atoms with Crippen molar-refractivity contribution >= 4 is 40.6 Å². The first-order valence-electron chi connectivity index (χ1n) is 6.76. The van der Waals surface area contributed by atoms with Crippen molar-refractivity contribution in [2.45, 2.75) is 11.1 Å². The van der Waals surface area contributed by atoms with Gasteiger partial charge < -0.3 is 10.6 Å². The van der Waals surface area contributed by atoms with E-state index in [4.69, 9.17) is 11.6 Å². The van der Waals surface area contributed by atoms with Gasteiger partial charge >= 0.3 is 6.18 Å². The predicted octanol–water partition coefficient (Wildman–Crippen LogP) is 5.36. The lowest BCUT2D eigenvalue weighted by atomic mass is 10.1. The third kappa shape index (κ3) is 3.52. The number of hydrogen-bond acceptors (Lipinski definition) is 3. The molecule has 2 N–H and O–H groups in total. The van der Waals surface area contributed by atoms with E-state index in [2.05, 4.69) is 10.6 Å². The molecule has 8 heteroatoms. The first-order chi connectivity index (χ1) is 11.3. The first kappa shape index (κ1) is 16.7. The zero-order chi connectivity index (χ0) is 17.3. The molecule has 1 aliphatic rings. The van der Waals surface area contributed by atoms with E-state index in [1.807, 2.05) is 0 Å². The largest absolute Gasteiger partial charge is 0.418 e. The van der Waals surface area contributed by atoms with Gasteiger partial charge in [-0.25, -0.2) is 0 Å². The molecule has 0 bridgehead atoms. The van der Waals surface area contributed by atoms with Crippen LogP contribution < -0.4 is 10.6 Å². The molecule has 0 atom stereocenters. The molecule has 2 aromatic rings. The molecule has 24 heavy (non-hydrogen) atoms. The summed E-state index contributed by atoms with van der Waals surface area (Å²) in [7, 11) is 0. The second-order valence-corrected chi connectivity index (χ2v) is 6.41. The average molecular weight is 371 g/mol. The van der Waals surface area contributed by atoms with Crippen LogP contribution in [0, 0.1) is 0 Å². The van der Waals surface area contributed by atoms with E-state index < -0.39 is 17.6 Å². The van der Waals surface area contributed by atoms with Gasteiger partial charge in [0.1, 0.15) is 0 Å². The molecule has 1 heterocycles. The van der Waals surface area contributed by atoms with Gasteiger partial charge in [-0.2, -0.15) is 13.2 Å². The van der Waals surface area contributed by atoms with E-state index in [-0.39, 0.29) is 10.6 Å². The van der Waals surface area contributed by atoms with Crippen LogP contribution in [0.15, 0.2) is 58.5 Å². The van der Waals surface area contributed by atoms with Gasteiger partial charge in [-0.3, -0.25) is 4.79 Å². The van der Waals surface area contributed by atoms with Crippen LogP contribution in [0.25, 0.3) is 0 Å². The maximum absolute atomic E-state index is 13.0. The van der Waals surface area contributed by atoms with Crippen molar-refractivity contribution in [3.05, 3.63) is 64.2 Å². The standard InChI is InChI=1S/C16H10ClF3N2OS/c17-9-5-6-12-13(7-9)24-14(15(23)22-12)8-21-11-4-2-1-3-10(11)16(18,19)20/h1-8,21H,(H,22,23)/b14-8-. The number of benzene rings is 2. The minimum absolute atomic E-state index is 0.122. The third-order valence-corrected chi connectivity index (χ3v) is 4.54. The van der Waals surface area contributed by atoms with Crippen molar-refractivity contribution in [2.75, 3.05) is 10.6 Å². The Morgan fingerprint density at radius 2 is 1.92 bits per heavy atom. The SMILES string of the molecule is O=C1Nc2ccc(Cl)cc2S/C1=C\Nc1ccccc1C(F)(F)F. The Bertz CT molecular complexity index is 836. The minimum atomic E-state index is -4.48. The van der Waals surface area contributed by atoms with Crippen molar-refractivity contribution in [1.29, 1.82) is 0 Å². The zero-order valence-corrected chi connectivity index (χ0v) is 13.5. The van der Waals surface area contributed by atoms with Gasteiger partial charge in [0.05, 0.1) is 21.8 Å². The molecular formula is C16H10ClF3N2OS. The number of alkyl halides is 3. The number of thioether (sulfide) groups is 1. The second kappa shape index (κ2) is 6.41. The van der Waals surface area contributed by atoms with Crippen molar-refractivity contribution in [3.63, 3.8) is 0 Å². The third-order valence-electron chi connectivity index (χ3n) is 3.23. The Kier molecular flexibility index (Phi) is 4.47. The van der Waals surface area contributed by atoms with Gasteiger partial charge in [0.15, 0.2) is 0 Å². The number of nitrogens with one attached hydrogen (secondary N) is 2. The fourth-order valence-corrected chi connectivity index (χ4v) is 3.28. The molecule has 1 aliphatic heterocycles. The van der Waals surface area contributed by atoms with Crippen molar-refractivity contribution in [1.82, 2.24) is 0 Å². The molecule has 0 spiro atoms. The highest BCUT2D eigenvalue weighted by molar-refractivity contribution is 8.04. The van der Waals surface area contributed by atoms with Gasteiger partial charge in [-0.05, 0) is 30.3 Å². The maximum Gasteiger partial charge on any atom is 0.418 e. The number of anilines is 2. The Morgan fingerprint density at radius 1 is 1.17 bits per heavy atom. The van der Waals surface area contributed by atoms with Gasteiger partial charge in [0, 0.05) is 16.1 Å². The van der Waals surface area contributed by atoms with E-state index in [0.717, 1.165) is 22.7 Å². The molecule has 0 aliphatic carbocycles. The summed E-state index contributed by atoms with van der Waals surface area (Å²) in [6, 6.07) is 10.1. The number of hydrogen-bond donors (Lipinski definition) is 2. The summed E-state index contributed by atoms with van der Waals surface area (Å²) >= 11 is 7.05. The highest BCUT2D eigenvalue weighted by atomic mass is 35.5. The molecule has 0 aromatic heterocycles. The maximum atomic E-state index is 13.0. The molecule has 2 aromatic carbocycles. The molecule has 3 rings (SSSR count). The van der Waals surface area contributed by atoms with Gasteiger partial charge in [0.25, 0.3) is 5.91 Å². The number of carbonyl (C=O) groups is 1. The molecule has 0 fully saturated rings. The number of carbonyl (C=O) groups excluding carboxylic acids is 1. The summed E-state index contributed by atoms with van der Waals surface area (Å²) in [6.07, 6.45) is -3.22. The average Bonchev–Trinajstić information content (AvgIpc) is 2.52. The second-order valence-electron chi connectivity index (χ2n) is 4.89. The minimum Gasteiger partial charge on any atom is -0.360 e. The Hall–Kier alpha value is -2.12. The molecule has 124 valence electrons. The lowest BCUT2D eigenvalue weighted by Crippen LogP contribution is -2.18. The number of halogens is 4. The molecule has 1 amide bonds. The molecular weight excluding hydrogens is 361 g/mol. The van der Waals surface area contributed by atoms with Crippen LogP contribution in [0.1, 0.15) is 5.56 Å². The van der Waals surface area contributed by atoms with Crippen LogP contribution in [-0.4, -0.2) is 5.91 Å². The topological polar surface area (TPSA) is 41.1 Å². The van der Waals surface area contributed by atoms with Crippen molar-refractivity contribution < 1.29 is 18.0 Å².